The molecule has 0 aliphatic carbocycles. The van der Waals surface area contributed by atoms with Gasteiger partial charge < -0.3 is 19.7 Å². The summed E-state index contributed by atoms with van der Waals surface area (Å²) in [7, 11) is 0. The van der Waals surface area contributed by atoms with E-state index < -0.39 is 5.97 Å². The number of unbranched alkanes of at least 4 members (excludes halogenated alkanes) is 1. The molecule has 0 aliphatic heterocycles. The summed E-state index contributed by atoms with van der Waals surface area (Å²) in [6.45, 7) is 8.35. The second-order valence-corrected chi connectivity index (χ2v) is 5.21. The maximum absolute atomic E-state index is 12.6. The van der Waals surface area contributed by atoms with Gasteiger partial charge >= 0.3 is 5.97 Å². The van der Waals surface area contributed by atoms with Crippen molar-refractivity contribution in [1.82, 2.24) is 9.88 Å². The number of aromatic nitrogens is 1. The molecule has 0 unspecified atom stereocenters. The molecule has 0 radical (unpaired) electrons. The first-order valence-electron chi connectivity index (χ1n) is 7.74. The van der Waals surface area contributed by atoms with Gasteiger partial charge in [0, 0.05) is 18.8 Å². The summed E-state index contributed by atoms with van der Waals surface area (Å²) in [5.74, 6) is -0.617. The van der Waals surface area contributed by atoms with E-state index in [4.69, 9.17) is 9.84 Å². The highest BCUT2D eigenvalue weighted by Gasteiger charge is 2.25. The summed E-state index contributed by atoms with van der Waals surface area (Å²) in [6, 6.07) is 0. The highest BCUT2D eigenvalue weighted by atomic mass is 16.5. The first-order chi connectivity index (χ1) is 10.5. The molecule has 1 aromatic rings. The van der Waals surface area contributed by atoms with Crippen LogP contribution in [0.25, 0.3) is 0 Å². The third kappa shape index (κ3) is 4.10. The fourth-order valence-corrected chi connectivity index (χ4v) is 2.42. The van der Waals surface area contributed by atoms with Gasteiger partial charge in [0.15, 0.2) is 0 Å². The zero-order valence-electron chi connectivity index (χ0n) is 13.9. The van der Waals surface area contributed by atoms with Crippen LogP contribution in [0.1, 0.15) is 58.8 Å². The summed E-state index contributed by atoms with van der Waals surface area (Å²) < 4.78 is 5.03. The third-order valence-corrected chi connectivity index (χ3v) is 3.57. The lowest BCUT2D eigenvalue weighted by molar-refractivity contribution is 0.0525. The van der Waals surface area contributed by atoms with E-state index in [2.05, 4.69) is 4.98 Å². The van der Waals surface area contributed by atoms with Crippen molar-refractivity contribution in [3.05, 3.63) is 22.5 Å². The lowest BCUT2D eigenvalue weighted by atomic mass is 10.1. The second-order valence-electron chi connectivity index (χ2n) is 5.21. The zero-order valence-corrected chi connectivity index (χ0v) is 13.9. The Balaban J connectivity index is 3.06. The van der Waals surface area contributed by atoms with Crippen molar-refractivity contribution in [3.8, 4) is 0 Å². The number of rotatable bonds is 8. The van der Waals surface area contributed by atoms with E-state index in [1.807, 2.05) is 6.92 Å². The number of H-pyrrole nitrogens is 1. The van der Waals surface area contributed by atoms with Gasteiger partial charge in [0.25, 0.3) is 5.91 Å². The highest BCUT2D eigenvalue weighted by molar-refractivity contribution is 6.00. The number of hydrogen-bond donors (Lipinski definition) is 2. The maximum Gasteiger partial charge on any atom is 0.340 e. The Morgan fingerprint density at radius 2 is 1.91 bits per heavy atom. The lowest BCUT2D eigenvalue weighted by Gasteiger charge is -2.21. The van der Waals surface area contributed by atoms with Gasteiger partial charge in [-0.05, 0) is 32.8 Å². The molecule has 0 aromatic carbocycles. The van der Waals surface area contributed by atoms with Crippen LogP contribution in [0.3, 0.4) is 0 Å². The number of nitrogens with one attached hydrogen (secondary N) is 1. The molecule has 0 bridgehead atoms. The van der Waals surface area contributed by atoms with Crippen LogP contribution in [0.4, 0.5) is 0 Å². The van der Waals surface area contributed by atoms with Crippen LogP contribution in [-0.4, -0.2) is 53.2 Å². The molecule has 1 rings (SSSR count). The van der Waals surface area contributed by atoms with Gasteiger partial charge in [0.05, 0.1) is 18.8 Å². The van der Waals surface area contributed by atoms with Crippen LogP contribution in [0.5, 0.6) is 0 Å². The van der Waals surface area contributed by atoms with E-state index >= 15 is 0 Å². The van der Waals surface area contributed by atoms with Crippen molar-refractivity contribution in [2.45, 2.75) is 40.5 Å². The normalized spacial score (nSPS) is 10.6. The number of carbonyl (C=O) groups is 2. The molecule has 1 aromatic heterocycles. The minimum Gasteiger partial charge on any atom is -0.462 e. The Morgan fingerprint density at radius 1 is 1.23 bits per heavy atom. The van der Waals surface area contributed by atoms with E-state index in [-0.39, 0.29) is 19.1 Å². The van der Waals surface area contributed by atoms with Crippen molar-refractivity contribution >= 4 is 11.9 Å². The van der Waals surface area contributed by atoms with Crippen molar-refractivity contribution in [2.24, 2.45) is 0 Å². The van der Waals surface area contributed by atoms with Gasteiger partial charge in [0.2, 0.25) is 0 Å². The Morgan fingerprint density at radius 3 is 2.45 bits per heavy atom. The molecule has 2 N–H and O–H groups in total. The number of hydrogen-bond acceptors (Lipinski definition) is 4. The largest absolute Gasteiger partial charge is 0.462 e. The smallest absolute Gasteiger partial charge is 0.340 e. The molecule has 0 aliphatic rings. The second kappa shape index (κ2) is 8.58. The molecule has 0 spiro atoms. The molecule has 6 nitrogen and oxygen atoms in total. The summed E-state index contributed by atoms with van der Waals surface area (Å²) >= 11 is 0. The van der Waals surface area contributed by atoms with Crippen LogP contribution >= 0.6 is 0 Å². The number of nitrogens with zero attached hydrogens (tertiary/aromatic N) is 1. The van der Waals surface area contributed by atoms with Crippen molar-refractivity contribution in [2.75, 3.05) is 26.3 Å². The number of amides is 1. The number of esters is 1. The molecule has 6 heteroatoms. The summed E-state index contributed by atoms with van der Waals surface area (Å²) in [5, 5.41) is 9.14. The topological polar surface area (TPSA) is 82.6 Å². The minimum atomic E-state index is -0.421. The molecule has 0 fully saturated rings. The Bertz CT molecular complexity index is 522. The molecule has 0 saturated heterocycles. The average molecular weight is 310 g/mol. The van der Waals surface area contributed by atoms with Crippen LogP contribution < -0.4 is 0 Å². The maximum atomic E-state index is 12.6. The Kier molecular flexibility index (Phi) is 7.11. The predicted molar refractivity (Wildman–Crippen MR) is 84.1 cm³/mol. The van der Waals surface area contributed by atoms with E-state index in [1.165, 1.54) is 0 Å². The van der Waals surface area contributed by atoms with Gasteiger partial charge in [0.1, 0.15) is 5.69 Å². The lowest BCUT2D eigenvalue weighted by Crippen LogP contribution is -2.35. The molecule has 0 saturated carbocycles. The monoisotopic (exact) mass is 310 g/mol. The number of ether oxygens (including phenoxy) is 1. The quantitative estimate of drug-likeness (QED) is 0.720. The van der Waals surface area contributed by atoms with Gasteiger partial charge in [-0.1, -0.05) is 13.3 Å². The number of aryl methyl sites for hydroxylation is 1. The van der Waals surface area contributed by atoms with Crippen molar-refractivity contribution < 1.29 is 19.4 Å². The summed E-state index contributed by atoms with van der Waals surface area (Å²) in [6.07, 6.45) is 1.83. The van der Waals surface area contributed by atoms with Crippen molar-refractivity contribution in [1.29, 1.82) is 0 Å². The molecular formula is C16H26N2O4. The van der Waals surface area contributed by atoms with Crippen molar-refractivity contribution in [3.63, 3.8) is 0 Å². The third-order valence-electron chi connectivity index (χ3n) is 3.57. The summed E-state index contributed by atoms with van der Waals surface area (Å²) in [5.41, 5.74) is 2.04. The SMILES string of the molecule is CCCCN(CCO)C(=O)c1[nH]c(C)c(C(=O)OCC)c1C. The first-order valence-corrected chi connectivity index (χ1v) is 7.74. The van der Waals surface area contributed by atoms with Gasteiger partial charge in [-0.2, -0.15) is 0 Å². The molecule has 0 atom stereocenters. The van der Waals surface area contributed by atoms with E-state index in [0.29, 0.717) is 35.7 Å². The predicted octanol–water partition coefficient (Wildman–Crippen LogP) is 2.04. The average Bonchev–Trinajstić information content (AvgIpc) is 2.78. The molecule has 124 valence electrons. The molecular weight excluding hydrogens is 284 g/mol. The summed E-state index contributed by atoms with van der Waals surface area (Å²) in [4.78, 5) is 29.2. The van der Waals surface area contributed by atoms with Crippen LogP contribution in [-0.2, 0) is 4.74 Å². The molecule has 1 amide bonds. The number of aliphatic hydroxyl groups excluding tert-OH is 1. The zero-order chi connectivity index (χ0) is 16.7. The molecule has 1 heterocycles. The Labute approximate surface area is 131 Å². The first kappa shape index (κ1) is 18.2. The van der Waals surface area contributed by atoms with Crippen LogP contribution in [0, 0.1) is 13.8 Å². The standard InChI is InChI=1S/C16H26N2O4/c1-5-7-8-18(9-10-19)15(20)14-11(3)13(12(4)17-14)16(21)22-6-2/h17,19H,5-10H2,1-4H3. The van der Waals surface area contributed by atoms with E-state index in [0.717, 1.165) is 12.8 Å². The van der Waals surface area contributed by atoms with Crippen LogP contribution in [0.15, 0.2) is 0 Å². The van der Waals surface area contributed by atoms with Gasteiger partial charge in [-0.3, -0.25) is 4.79 Å². The van der Waals surface area contributed by atoms with Gasteiger partial charge in [-0.25, -0.2) is 4.79 Å². The molecule has 22 heavy (non-hydrogen) atoms. The van der Waals surface area contributed by atoms with E-state index in [1.54, 1.807) is 25.7 Å². The minimum absolute atomic E-state index is 0.0844. The van der Waals surface area contributed by atoms with Gasteiger partial charge in [-0.15, -0.1) is 0 Å². The number of carbonyl (C=O) groups excluding carboxylic acids is 2. The number of aromatic amines is 1. The fraction of sp³-hybridized carbons (Fsp3) is 0.625. The van der Waals surface area contributed by atoms with Crippen LogP contribution in [0.2, 0.25) is 0 Å². The highest BCUT2D eigenvalue weighted by Crippen LogP contribution is 2.20. The number of aliphatic hydroxyl groups is 1. The Hall–Kier alpha value is -1.82. The fourth-order valence-electron chi connectivity index (χ4n) is 2.42. The van der Waals surface area contributed by atoms with E-state index in [9.17, 15) is 9.59 Å².